The van der Waals surface area contributed by atoms with E-state index in [1.165, 1.54) is 0 Å². The van der Waals surface area contributed by atoms with Gasteiger partial charge in [0, 0.05) is 6.20 Å². The van der Waals surface area contributed by atoms with Crippen LogP contribution < -0.4 is 4.74 Å². The van der Waals surface area contributed by atoms with Gasteiger partial charge in [-0.15, -0.1) is 0 Å². The van der Waals surface area contributed by atoms with Crippen LogP contribution in [-0.4, -0.2) is 16.7 Å². The maximum Gasteiger partial charge on any atom is 0.172 e. The normalized spacial score (nSPS) is 11.0. The van der Waals surface area contributed by atoms with Crippen molar-refractivity contribution < 1.29 is 9.84 Å². The van der Waals surface area contributed by atoms with Crippen LogP contribution in [0.3, 0.4) is 0 Å². The van der Waals surface area contributed by atoms with Crippen molar-refractivity contribution in [2.75, 3.05) is 6.61 Å². The summed E-state index contributed by atoms with van der Waals surface area (Å²) in [4.78, 5) is 4.16. The molecule has 0 saturated heterocycles. The minimum atomic E-state index is 0.0466. The van der Waals surface area contributed by atoms with E-state index in [1.54, 1.807) is 36.5 Å². The van der Waals surface area contributed by atoms with E-state index in [0.717, 1.165) is 5.56 Å². The number of benzene rings is 1. The smallest absolute Gasteiger partial charge is 0.172 e. The number of ether oxygens (including phenoxy) is 1. The van der Waals surface area contributed by atoms with Crippen molar-refractivity contribution in [3.05, 3.63) is 52.3 Å². The summed E-state index contributed by atoms with van der Waals surface area (Å²) in [6, 6.07) is 10.9. The van der Waals surface area contributed by atoms with Crippen molar-refractivity contribution >= 4 is 27.6 Å². The largest absolute Gasteiger partial charge is 0.503 e. The molecule has 0 aliphatic rings. The summed E-state index contributed by atoms with van der Waals surface area (Å²) in [5.41, 5.74) is 1.78. The molecule has 1 aromatic heterocycles. The molecule has 0 aliphatic carbocycles. The van der Waals surface area contributed by atoms with Gasteiger partial charge in [0.05, 0.1) is 22.3 Å². The fourth-order valence-corrected chi connectivity index (χ4v) is 2.25. The zero-order chi connectivity index (χ0) is 15.2. The van der Waals surface area contributed by atoms with Gasteiger partial charge in [-0.05, 0) is 58.8 Å². The van der Waals surface area contributed by atoms with Crippen molar-refractivity contribution in [3.63, 3.8) is 0 Å². The minimum absolute atomic E-state index is 0.0466. The standard InChI is InChI=1S/C16H13BrN2O2/c1-2-21-15-9-11(8-13(17)16(15)20)7-12(10-18)14-5-3-4-6-19-14/h3-9,20H,2H2,1H3/b12-7-. The highest BCUT2D eigenvalue weighted by Gasteiger charge is 2.09. The summed E-state index contributed by atoms with van der Waals surface area (Å²) in [6.45, 7) is 2.28. The number of hydrogen-bond donors (Lipinski definition) is 1. The van der Waals surface area contributed by atoms with Gasteiger partial charge >= 0.3 is 0 Å². The number of pyridine rings is 1. The Balaban J connectivity index is 2.46. The van der Waals surface area contributed by atoms with Gasteiger partial charge in [-0.25, -0.2) is 0 Å². The number of nitrogens with zero attached hydrogens (tertiary/aromatic N) is 2. The molecule has 106 valence electrons. The molecule has 0 spiro atoms. The molecule has 0 radical (unpaired) electrons. The average Bonchev–Trinajstić information content (AvgIpc) is 2.50. The van der Waals surface area contributed by atoms with E-state index in [1.807, 2.05) is 13.0 Å². The van der Waals surface area contributed by atoms with Crippen molar-refractivity contribution in [3.8, 4) is 17.6 Å². The second-order valence-corrected chi connectivity index (χ2v) is 5.02. The zero-order valence-electron chi connectivity index (χ0n) is 11.4. The summed E-state index contributed by atoms with van der Waals surface area (Å²) < 4.78 is 5.88. The van der Waals surface area contributed by atoms with E-state index in [-0.39, 0.29) is 5.75 Å². The fourth-order valence-electron chi connectivity index (χ4n) is 1.79. The molecule has 0 bridgehead atoms. The molecular formula is C16H13BrN2O2. The SMILES string of the molecule is CCOc1cc(/C=C(/C#N)c2ccccn2)cc(Br)c1O. The van der Waals surface area contributed by atoms with Gasteiger partial charge in [0.25, 0.3) is 0 Å². The van der Waals surface area contributed by atoms with Crippen molar-refractivity contribution in [1.29, 1.82) is 5.26 Å². The number of allylic oxidation sites excluding steroid dienone is 1. The molecule has 1 aromatic carbocycles. The minimum Gasteiger partial charge on any atom is -0.503 e. The lowest BCUT2D eigenvalue weighted by atomic mass is 10.1. The van der Waals surface area contributed by atoms with Crippen LogP contribution in [0.2, 0.25) is 0 Å². The topological polar surface area (TPSA) is 66.1 Å². The Hall–Kier alpha value is -2.32. The molecule has 21 heavy (non-hydrogen) atoms. The molecule has 0 fully saturated rings. The van der Waals surface area contributed by atoms with Gasteiger partial charge in [0.15, 0.2) is 11.5 Å². The summed E-state index contributed by atoms with van der Waals surface area (Å²) in [5, 5.41) is 19.2. The van der Waals surface area contributed by atoms with Gasteiger partial charge in [0.1, 0.15) is 6.07 Å². The van der Waals surface area contributed by atoms with Crippen molar-refractivity contribution in [2.45, 2.75) is 6.92 Å². The second-order valence-electron chi connectivity index (χ2n) is 4.17. The first-order valence-electron chi connectivity index (χ1n) is 6.34. The Morgan fingerprint density at radius 1 is 1.48 bits per heavy atom. The molecule has 2 aromatic rings. The lowest BCUT2D eigenvalue weighted by Crippen LogP contribution is -1.93. The Kier molecular flexibility index (Phi) is 4.96. The molecule has 0 atom stereocenters. The first-order valence-corrected chi connectivity index (χ1v) is 7.13. The summed E-state index contributed by atoms with van der Waals surface area (Å²) in [7, 11) is 0. The van der Waals surface area contributed by atoms with Gasteiger partial charge in [-0.3, -0.25) is 4.98 Å². The Morgan fingerprint density at radius 3 is 2.90 bits per heavy atom. The molecule has 0 aliphatic heterocycles. The maximum atomic E-state index is 9.89. The molecule has 1 heterocycles. The van der Waals surface area contributed by atoms with Crippen molar-refractivity contribution in [2.24, 2.45) is 0 Å². The van der Waals surface area contributed by atoms with Crippen LogP contribution in [0.5, 0.6) is 11.5 Å². The third-order valence-corrected chi connectivity index (χ3v) is 3.33. The van der Waals surface area contributed by atoms with E-state index in [2.05, 4.69) is 27.0 Å². The molecule has 5 heteroatoms. The average molecular weight is 345 g/mol. The van der Waals surface area contributed by atoms with Gasteiger partial charge in [-0.1, -0.05) is 6.07 Å². The van der Waals surface area contributed by atoms with Gasteiger partial charge < -0.3 is 9.84 Å². The number of phenols is 1. The highest BCUT2D eigenvalue weighted by Crippen LogP contribution is 2.36. The second kappa shape index (κ2) is 6.91. The lowest BCUT2D eigenvalue weighted by molar-refractivity contribution is 0.317. The third kappa shape index (κ3) is 3.61. The first kappa shape index (κ1) is 15.1. The highest BCUT2D eigenvalue weighted by molar-refractivity contribution is 9.10. The molecule has 4 nitrogen and oxygen atoms in total. The number of aromatic hydroxyl groups is 1. The number of phenolic OH excluding ortho intramolecular Hbond substituents is 1. The van der Waals surface area contributed by atoms with Crippen LogP contribution in [0.4, 0.5) is 0 Å². The van der Waals surface area contributed by atoms with E-state index in [9.17, 15) is 10.4 Å². The predicted molar refractivity (Wildman–Crippen MR) is 84.7 cm³/mol. The summed E-state index contributed by atoms with van der Waals surface area (Å²) in [5.74, 6) is 0.418. The number of aromatic nitrogens is 1. The molecular weight excluding hydrogens is 332 g/mol. The molecule has 2 rings (SSSR count). The number of rotatable bonds is 4. The molecule has 0 amide bonds. The number of halogens is 1. The highest BCUT2D eigenvalue weighted by atomic mass is 79.9. The predicted octanol–water partition coefficient (Wildman–Crippen LogP) is 4.01. The molecule has 0 saturated carbocycles. The van der Waals surface area contributed by atoms with E-state index >= 15 is 0 Å². The van der Waals surface area contributed by atoms with E-state index in [0.29, 0.717) is 28.1 Å². The quantitative estimate of drug-likeness (QED) is 0.850. The fraction of sp³-hybridized carbons (Fsp3) is 0.125. The third-order valence-electron chi connectivity index (χ3n) is 2.72. The van der Waals surface area contributed by atoms with Crippen LogP contribution in [0, 0.1) is 11.3 Å². The maximum absolute atomic E-state index is 9.89. The van der Waals surface area contributed by atoms with Crippen LogP contribution in [-0.2, 0) is 0 Å². The van der Waals surface area contributed by atoms with E-state index < -0.39 is 0 Å². The van der Waals surface area contributed by atoms with Crippen LogP contribution in [0.15, 0.2) is 41.0 Å². The first-order chi connectivity index (χ1) is 10.2. The van der Waals surface area contributed by atoms with Crippen molar-refractivity contribution in [1.82, 2.24) is 4.98 Å². The molecule has 1 N–H and O–H groups in total. The van der Waals surface area contributed by atoms with Gasteiger partial charge in [0.2, 0.25) is 0 Å². The molecule has 0 unspecified atom stereocenters. The van der Waals surface area contributed by atoms with Crippen LogP contribution in [0.25, 0.3) is 11.6 Å². The zero-order valence-corrected chi connectivity index (χ0v) is 13.0. The van der Waals surface area contributed by atoms with Crippen LogP contribution >= 0.6 is 15.9 Å². The Morgan fingerprint density at radius 2 is 2.29 bits per heavy atom. The number of hydrogen-bond acceptors (Lipinski definition) is 4. The number of nitriles is 1. The monoisotopic (exact) mass is 344 g/mol. The van der Waals surface area contributed by atoms with E-state index in [4.69, 9.17) is 4.74 Å². The Bertz CT molecular complexity index is 706. The van der Waals surface area contributed by atoms with Gasteiger partial charge in [-0.2, -0.15) is 5.26 Å². The van der Waals surface area contributed by atoms with Crippen LogP contribution in [0.1, 0.15) is 18.2 Å². The summed E-state index contributed by atoms with van der Waals surface area (Å²) in [6.07, 6.45) is 3.34. The summed E-state index contributed by atoms with van der Waals surface area (Å²) >= 11 is 3.28. The lowest BCUT2D eigenvalue weighted by Gasteiger charge is -2.09. The Labute approximate surface area is 131 Å².